The summed E-state index contributed by atoms with van der Waals surface area (Å²) in [4.78, 5) is 35.5. The average Bonchev–Trinajstić information content (AvgIpc) is 4.00. The summed E-state index contributed by atoms with van der Waals surface area (Å²) in [5.41, 5.74) is -1.38. The quantitative estimate of drug-likeness (QED) is 0.123. The van der Waals surface area contributed by atoms with Gasteiger partial charge in [-0.2, -0.15) is 0 Å². The molecule has 0 bridgehead atoms. The molecule has 2 aliphatic rings. The number of rotatable bonds is 13. The summed E-state index contributed by atoms with van der Waals surface area (Å²) in [5, 5.41) is 12.8. The number of anilines is 2. The van der Waals surface area contributed by atoms with Crippen molar-refractivity contribution < 1.29 is 49.8 Å². The molecule has 314 valence electrons. The van der Waals surface area contributed by atoms with Crippen LogP contribution >= 0.6 is 12.2 Å². The van der Waals surface area contributed by atoms with Crippen LogP contribution in [0.5, 0.6) is 11.5 Å². The molecular formula is C39H36F2N6O10S3. The molecule has 0 amide bonds. The van der Waals surface area contributed by atoms with Crippen LogP contribution in [0, 0.1) is 17.6 Å². The van der Waals surface area contributed by atoms with Crippen molar-refractivity contribution in [2.75, 3.05) is 50.2 Å². The predicted molar refractivity (Wildman–Crippen MR) is 220 cm³/mol. The topological polar surface area (TPSA) is 190 Å². The summed E-state index contributed by atoms with van der Waals surface area (Å²) in [6, 6.07) is 15.5. The van der Waals surface area contributed by atoms with E-state index < -0.39 is 66.2 Å². The van der Waals surface area contributed by atoms with Gasteiger partial charge in [0.25, 0.3) is 20.0 Å². The van der Waals surface area contributed by atoms with Gasteiger partial charge in [-0.1, -0.05) is 5.16 Å². The number of nitrogens with zero attached hydrogens (tertiary/aromatic N) is 6. The number of carboxylic acids is 1. The Hall–Kier alpha value is -6.19. The molecule has 1 unspecified atom stereocenters. The van der Waals surface area contributed by atoms with Crippen LogP contribution in [0.25, 0.3) is 11.0 Å². The molecule has 60 heavy (non-hydrogen) atoms. The molecule has 1 saturated carbocycles. The van der Waals surface area contributed by atoms with Crippen molar-refractivity contribution in [1.82, 2.24) is 13.9 Å². The number of benzene rings is 3. The van der Waals surface area contributed by atoms with E-state index in [9.17, 15) is 35.9 Å². The molecular weight excluding hydrogens is 847 g/mol. The molecule has 3 heterocycles. The minimum absolute atomic E-state index is 0.0566. The van der Waals surface area contributed by atoms with Gasteiger partial charge >= 0.3 is 5.97 Å². The molecule has 2 fully saturated rings. The van der Waals surface area contributed by atoms with Crippen molar-refractivity contribution in [2.45, 2.75) is 28.7 Å². The molecule has 21 heteroatoms. The molecule has 1 saturated heterocycles. The minimum Gasteiger partial charge on any atom is -0.497 e. The van der Waals surface area contributed by atoms with Gasteiger partial charge in [-0.05, 0) is 104 Å². The van der Waals surface area contributed by atoms with E-state index in [-0.39, 0.29) is 57.2 Å². The lowest BCUT2D eigenvalue weighted by atomic mass is 10.1. The number of hydrogen-bond acceptors (Lipinski definition) is 13. The maximum absolute atomic E-state index is 16.1. The lowest BCUT2D eigenvalue weighted by Crippen LogP contribution is -2.51. The summed E-state index contributed by atoms with van der Waals surface area (Å²) in [5.74, 6) is -3.68. The fourth-order valence-corrected chi connectivity index (χ4v) is 10.4. The summed E-state index contributed by atoms with van der Waals surface area (Å²) in [6.45, 7) is -0.910. The third-order valence-corrected chi connectivity index (χ3v) is 14.1. The van der Waals surface area contributed by atoms with Crippen molar-refractivity contribution >= 4 is 71.6 Å². The summed E-state index contributed by atoms with van der Waals surface area (Å²) < 4.78 is 102. The van der Waals surface area contributed by atoms with Crippen LogP contribution in [0.1, 0.15) is 29.2 Å². The summed E-state index contributed by atoms with van der Waals surface area (Å²) in [6.07, 6.45) is 2.56. The first kappa shape index (κ1) is 42.0. The molecule has 3 aromatic carbocycles. The first-order valence-corrected chi connectivity index (χ1v) is 21.4. The van der Waals surface area contributed by atoms with Crippen molar-refractivity contribution in [3.63, 3.8) is 0 Å². The van der Waals surface area contributed by atoms with Crippen molar-refractivity contribution in [1.29, 1.82) is 0 Å². The van der Waals surface area contributed by atoms with Gasteiger partial charge in [-0.15, -0.1) is 0 Å². The highest BCUT2D eigenvalue weighted by molar-refractivity contribution is 7.96. The first-order valence-electron chi connectivity index (χ1n) is 18.1. The third-order valence-electron chi connectivity index (χ3n) is 9.96. The minimum atomic E-state index is -4.76. The molecule has 0 spiro atoms. The van der Waals surface area contributed by atoms with E-state index >= 15 is 4.39 Å². The second kappa shape index (κ2) is 16.5. The largest absolute Gasteiger partial charge is 0.497 e. The van der Waals surface area contributed by atoms with E-state index in [1.807, 2.05) is 0 Å². The monoisotopic (exact) mass is 882 g/mol. The van der Waals surface area contributed by atoms with Crippen molar-refractivity contribution in [3.8, 4) is 11.5 Å². The molecule has 1 aliphatic heterocycles. The third kappa shape index (κ3) is 7.94. The number of oxime groups is 1. The Balaban J connectivity index is 1.34. The fraction of sp³-hybridized carbons (Fsp3) is 0.256. The summed E-state index contributed by atoms with van der Waals surface area (Å²) in [7, 11) is -5.47. The Morgan fingerprint density at radius 2 is 1.50 bits per heavy atom. The predicted octanol–water partition coefficient (Wildman–Crippen LogP) is 5.03. The highest BCUT2D eigenvalue weighted by atomic mass is 32.2. The number of ether oxygens (including phenoxy) is 2. The molecule has 1 atom stereocenters. The molecule has 0 radical (unpaired) electrons. The van der Waals surface area contributed by atoms with Crippen LogP contribution in [0.4, 0.5) is 20.3 Å². The molecule has 7 rings (SSSR count). The normalized spacial score (nSPS) is 16.2. The highest BCUT2D eigenvalue weighted by Gasteiger charge is 2.42. The standard InChI is InChI=1S/C39H36F2N6O10S3/c1-55-27-10-14-29(15-11-27)59(51,52)46(39(58)47(26-6-4-24(40)5-7-26)60(53,54)30-16-12-28(56-2)13-17-30)20-23-19-44(22-34(23)43-57-3)37-33(41)18-31-35(48)32(38(49)50)21-45(25-8-9-25)36(31)42-37/h4-7,10-18,21,23,25H,8-9,19-20,22H2,1-3H3,(H,49,50). The second-order valence-corrected chi connectivity index (χ2v) is 17.8. The fourth-order valence-electron chi connectivity index (χ4n) is 6.79. The second-order valence-electron chi connectivity index (χ2n) is 13.7. The van der Waals surface area contributed by atoms with Gasteiger partial charge < -0.3 is 28.9 Å². The smallest absolute Gasteiger partial charge is 0.341 e. The Morgan fingerprint density at radius 3 is 2.03 bits per heavy atom. The maximum atomic E-state index is 16.1. The van der Waals surface area contributed by atoms with E-state index in [2.05, 4.69) is 10.1 Å². The van der Waals surface area contributed by atoms with Gasteiger partial charge in [0.05, 0.1) is 47.3 Å². The SMILES string of the molecule is CON=C1CN(c2nc3c(cc2F)c(=O)c(C(=O)O)cn3C2CC2)CC1CN(C(=S)N(c1ccc(F)cc1)S(=O)(=O)c1ccc(OC)cc1)S(=O)(=O)c1ccc(OC)cc1. The number of carbonyl (C=O) groups is 1. The van der Waals surface area contributed by atoms with E-state index in [1.165, 1.54) is 85.5 Å². The number of methoxy groups -OCH3 is 2. The van der Waals surface area contributed by atoms with Crippen molar-refractivity contribution in [2.24, 2.45) is 11.1 Å². The van der Waals surface area contributed by atoms with Crippen LogP contribution in [0.3, 0.4) is 0 Å². The number of sulfonamides is 2. The van der Waals surface area contributed by atoms with Gasteiger partial charge in [0, 0.05) is 31.2 Å². The van der Waals surface area contributed by atoms with E-state index in [4.69, 9.17) is 26.5 Å². The molecule has 1 N–H and O–H groups in total. The zero-order valence-corrected chi connectivity index (χ0v) is 34.5. The lowest BCUT2D eigenvalue weighted by molar-refractivity contribution is 0.0694. The van der Waals surface area contributed by atoms with Gasteiger partial charge in [0.2, 0.25) is 10.5 Å². The Labute approximate surface area is 347 Å². The van der Waals surface area contributed by atoms with Gasteiger partial charge in [0.15, 0.2) is 11.6 Å². The van der Waals surface area contributed by atoms with E-state index in [0.717, 1.165) is 30.3 Å². The van der Waals surface area contributed by atoms with Crippen LogP contribution in [0.2, 0.25) is 0 Å². The number of aromatic carboxylic acids is 1. The summed E-state index contributed by atoms with van der Waals surface area (Å²) >= 11 is 5.84. The van der Waals surface area contributed by atoms with E-state index in [0.29, 0.717) is 33.0 Å². The molecule has 1 aliphatic carbocycles. The Morgan fingerprint density at radius 1 is 0.917 bits per heavy atom. The Bertz CT molecular complexity index is 2800. The molecule has 16 nitrogen and oxygen atoms in total. The Kier molecular flexibility index (Phi) is 11.5. The van der Waals surface area contributed by atoms with Crippen LogP contribution < -0.4 is 24.1 Å². The van der Waals surface area contributed by atoms with Crippen LogP contribution in [-0.4, -0.2) is 93.6 Å². The van der Waals surface area contributed by atoms with Gasteiger partial charge in [0.1, 0.15) is 35.6 Å². The number of halogens is 2. The maximum Gasteiger partial charge on any atom is 0.341 e. The number of thiocarbonyl (C=S) groups is 1. The lowest BCUT2D eigenvalue weighted by Gasteiger charge is -2.34. The van der Waals surface area contributed by atoms with Gasteiger partial charge in [-0.3, -0.25) is 4.79 Å². The number of aromatic nitrogens is 2. The first-order chi connectivity index (χ1) is 28.6. The van der Waals surface area contributed by atoms with Crippen molar-refractivity contribution in [3.05, 3.63) is 112 Å². The molecule has 5 aromatic rings. The average molecular weight is 883 g/mol. The zero-order valence-electron chi connectivity index (χ0n) is 32.1. The highest BCUT2D eigenvalue weighted by Crippen LogP contribution is 2.38. The molecule has 2 aromatic heterocycles. The zero-order chi connectivity index (χ0) is 43.1. The van der Waals surface area contributed by atoms with E-state index in [1.54, 1.807) is 0 Å². The van der Waals surface area contributed by atoms with Crippen LogP contribution in [0.15, 0.2) is 105 Å². The van der Waals surface area contributed by atoms with Crippen LogP contribution in [-0.2, 0) is 24.9 Å². The van der Waals surface area contributed by atoms with Gasteiger partial charge in [-0.25, -0.2) is 44.0 Å². The number of pyridine rings is 2. The number of fused-ring (bicyclic) bond motifs is 1. The number of carboxylic acid groups (broad SMARTS) is 1. The number of hydrogen-bond donors (Lipinski definition) is 1.